The maximum absolute atomic E-state index is 13.0. The normalized spacial score (nSPS) is 22.0. The minimum absolute atomic E-state index is 0.160. The molecule has 2 amide bonds. The molecule has 1 aliphatic rings. The van der Waals surface area contributed by atoms with Gasteiger partial charge in [0.15, 0.2) is 0 Å². The van der Waals surface area contributed by atoms with Crippen LogP contribution in [0.3, 0.4) is 0 Å². The molecule has 1 atom stereocenters. The summed E-state index contributed by atoms with van der Waals surface area (Å²) in [6.07, 6.45) is 1.19. The van der Waals surface area contributed by atoms with Crippen molar-refractivity contribution in [2.24, 2.45) is 5.41 Å². The van der Waals surface area contributed by atoms with Gasteiger partial charge in [-0.15, -0.1) is 0 Å². The number of rotatable bonds is 2. The van der Waals surface area contributed by atoms with Gasteiger partial charge in [-0.25, -0.2) is 9.18 Å². The number of likely N-dealkylation sites (tertiary alicyclic amines) is 1. The predicted molar refractivity (Wildman–Crippen MR) is 79.7 cm³/mol. The smallest absolute Gasteiger partial charge is 0.321 e. The van der Waals surface area contributed by atoms with Crippen LogP contribution in [0.1, 0.15) is 19.8 Å². The van der Waals surface area contributed by atoms with Gasteiger partial charge in [0.1, 0.15) is 5.82 Å². The number of urea groups is 1. The van der Waals surface area contributed by atoms with Crippen LogP contribution < -0.4 is 5.32 Å². The summed E-state index contributed by atoms with van der Waals surface area (Å²) < 4.78 is 13.5. The Balaban J connectivity index is 2.08. The number of benzene rings is 1. The van der Waals surface area contributed by atoms with E-state index in [0.717, 1.165) is 0 Å². The van der Waals surface area contributed by atoms with Gasteiger partial charge in [0.2, 0.25) is 0 Å². The molecule has 0 radical (unpaired) electrons. The molecule has 0 aliphatic carbocycles. The third-order valence-electron chi connectivity index (χ3n) is 3.67. The second-order valence-electron chi connectivity index (χ2n) is 5.45. The Kier molecular flexibility index (Phi) is 4.51. The number of hydrogen-bond acceptors (Lipinski definition) is 2. The van der Waals surface area contributed by atoms with E-state index >= 15 is 0 Å². The van der Waals surface area contributed by atoms with Crippen molar-refractivity contribution in [1.82, 2.24) is 4.90 Å². The van der Waals surface area contributed by atoms with E-state index in [1.807, 2.05) is 0 Å². The molecule has 0 bridgehead atoms. The summed E-state index contributed by atoms with van der Waals surface area (Å²) >= 11 is 3.18. The fourth-order valence-electron chi connectivity index (χ4n) is 2.37. The van der Waals surface area contributed by atoms with Crippen LogP contribution in [0.25, 0.3) is 0 Å². The summed E-state index contributed by atoms with van der Waals surface area (Å²) in [5, 5.41) is 11.9. The number of carboxylic acid groups (broad SMARTS) is 1. The first kappa shape index (κ1) is 15.8. The first-order chi connectivity index (χ1) is 9.82. The molecule has 2 rings (SSSR count). The zero-order chi connectivity index (χ0) is 15.6. The fraction of sp³-hybridized carbons (Fsp3) is 0.429. The van der Waals surface area contributed by atoms with Gasteiger partial charge in [-0.2, -0.15) is 0 Å². The summed E-state index contributed by atoms with van der Waals surface area (Å²) in [7, 11) is 0. The van der Waals surface area contributed by atoms with E-state index in [9.17, 15) is 19.1 Å². The lowest BCUT2D eigenvalue weighted by Crippen LogP contribution is -2.49. The Hall–Kier alpha value is -1.63. The summed E-state index contributed by atoms with van der Waals surface area (Å²) in [4.78, 5) is 25.0. The zero-order valence-electron chi connectivity index (χ0n) is 11.5. The molecule has 1 aliphatic heterocycles. The van der Waals surface area contributed by atoms with Crippen molar-refractivity contribution >= 4 is 33.6 Å². The largest absolute Gasteiger partial charge is 0.481 e. The van der Waals surface area contributed by atoms with Crippen LogP contribution in [-0.4, -0.2) is 35.1 Å². The van der Waals surface area contributed by atoms with E-state index in [1.165, 1.54) is 23.1 Å². The molecular weight excluding hydrogens is 343 g/mol. The monoisotopic (exact) mass is 358 g/mol. The van der Waals surface area contributed by atoms with Crippen LogP contribution in [0, 0.1) is 11.2 Å². The van der Waals surface area contributed by atoms with Crippen LogP contribution in [0.2, 0.25) is 0 Å². The molecule has 0 aromatic heterocycles. The Morgan fingerprint density at radius 2 is 2.19 bits per heavy atom. The highest BCUT2D eigenvalue weighted by Gasteiger charge is 2.39. The van der Waals surface area contributed by atoms with Crippen molar-refractivity contribution in [2.75, 3.05) is 18.4 Å². The van der Waals surface area contributed by atoms with E-state index in [4.69, 9.17) is 0 Å². The van der Waals surface area contributed by atoms with Crippen molar-refractivity contribution in [2.45, 2.75) is 19.8 Å². The first-order valence-electron chi connectivity index (χ1n) is 6.56. The van der Waals surface area contributed by atoms with Crippen LogP contribution in [0.5, 0.6) is 0 Å². The van der Waals surface area contributed by atoms with E-state index in [-0.39, 0.29) is 12.6 Å². The predicted octanol–water partition coefficient (Wildman–Crippen LogP) is 3.31. The molecule has 5 nitrogen and oxygen atoms in total. The zero-order valence-corrected chi connectivity index (χ0v) is 13.1. The molecular formula is C14H16BrFN2O3. The highest BCUT2D eigenvalue weighted by molar-refractivity contribution is 9.10. The lowest BCUT2D eigenvalue weighted by Gasteiger charge is -2.37. The molecule has 1 unspecified atom stereocenters. The average molecular weight is 359 g/mol. The van der Waals surface area contributed by atoms with Gasteiger partial charge in [0.25, 0.3) is 0 Å². The molecule has 1 aromatic rings. The number of hydrogen-bond donors (Lipinski definition) is 2. The molecule has 114 valence electrons. The van der Waals surface area contributed by atoms with E-state index in [1.54, 1.807) is 6.92 Å². The van der Waals surface area contributed by atoms with E-state index in [0.29, 0.717) is 29.5 Å². The lowest BCUT2D eigenvalue weighted by molar-refractivity contribution is -0.150. The summed E-state index contributed by atoms with van der Waals surface area (Å²) in [6.45, 7) is 2.31. The highest BCUT2D eigenvalue weighted by atomic mass is 79.9. The fourth-order valence-corrected chi connectivity index (χ4v) is 2.82. The third kappa shape index (κ3) is 3.53. The molecule has 1 heterocycles. The molecule has 1 saturated heterocycles. The van der Waals surface area contributed by atoms with Crippen molar-refractivity contribution in [3.63, 3.8) is 0 Å². The van der Waals surface area contributed by atoms with Gasteiger partial charge in [-0.3, -0.25) is 4.79 Å². The molecule has 0 saturated carbocycles. The standard InChI is InChI=1S/C14H16BrFN2O3/c1-14(12(19)20)5-2-6-18(8-14)13(21)17-11-4-3-9(16)7-10(11)15/h3-4,7H,2,5-6,8H2,1H3,(H,17,21)(H,19,20). The van der Waals surface area contributed by atoms with Crippen molar-refractivity contribution in [1.29, 1.82) is 0 Å². The van der Waals surface area contributed by atoms with Gasteiger partial charge in [0.05, 0.1) is 11.1 Å². The maximum atomic E-state index is 13.0. The van der Waals surface area contributed by atoms with E-state index in [2.05, 4.69) is 21.2 Å². The van der Waals surface area contributed by atoms with Crippen molar-refractivity contribution in [3.8, 4) is 0 Å². The van der Waals surface area contributed by atoms with Crippen LogP contribution in [-0.2, 0) is 4.79 Å². The SMILES string of the molecule is CC1(C(=O)O)CCCN(C(=O)Nc2ccc(F)cc2Br)C1. The summed E-state index contributed by atoms with van der Waals surface area (Å²) in [6, 6.07) is 3.58. The minimum Gasteiger partial charge on any atom is -0.481 e. The van der Waals surface area contributed by atoms with Gasteiger partial charge in [-0.05, 0) is 53.9 Å². The number of carboxylic acids is 1. The maximum Gasteiger partial charge on any atom is 0.321 e. The molecule has 7 heteroatoms. The number of carbonyl (C=O) groups is 2. The topological polar surface area (TPSA) is 69.6 Å². The molecule has 2 N–H and O–H groups in total. The number of piperidine rings is 1. The van der Waals surface area contributed by atoms with Crippen molar-refractivity contribution in [3.05, 3.63) is 28.5 Å². The molecule has 1 fully saturated rings. The van der Waals surface area contributed by atoms with E-state index < -0.39 is 17.2 Å². The first-order valence-corrected chi connectivity index (χ1v) is 7.35. The number of halogens is 2. The number of nitrogens with one attached hydrogen (secondary N) is 1. The lowest BCUT2D eigenvalue weighted by atomic mass is 9.82. The number of anilines is 1. The number of nitrogens with zero attached hydrogens (tertiary/aromatic N) is 1. The highest BCUT2D eigenvalue weighted by Crippen LogP contribution is 2.30. The quantitative estimate of drug-likeness (QED) is 0.851. The third-order valence-corrected chi connectivity index (χ3v) is 4.33. The van der Waals surface area contributed by atoms with Gasteiger partial charge in [-0.1, -0.05) is 0 Å². The molecule has 21 heavy (non-hydrogen) atoms. The number of aliphatic carboxylic acids is 1. The summed E-state index contributed by atoms with van der Waals surface area (Å²) in [5.74, 6) is -1.31. The Morgan fingerprint density at radius 3 is 2.81 bits per heavy atom. The minimum atomic E-state index is -0.921. The Bertz CT molecular complexity index is 581. The van der Waals surface area contributed by atoms with Crippen molar-refractivity contribution < 1.29 is 19.1 Å². The summed E-state index contributed by atoms with van der Waals surface area (Å²) in [5.41, 5.74) is -0.473. The van der Waals surface area contributed by atoms with Gasteiger partial charge in [0, 0.05) is 17.6 Å². The number of amides is 2. The van der Waals surface area contributed by atoms with Crippen LogP contribution >= 0.6 is 15.9 Å². The molecule has 0 spiro atoms. The second kappa shape index (κ2) is 6.01. The number of carbonyl (C=O) groups excluding carboxylic acids is 1. The van der Waals surface area contributed by atoms with Gasteiger partial charge < -0.3 is 15.3 Å². The van der Waals surface area contributed by atoms with Gasteiger partial charge >= 0.3 is 12.0 Å². The average Bonchev–Trinajstić information content (AvgIpc) is 2.41. The Labute approximate surface area is 130 Å². The molecule has 1 aromatic carbocycles. The Morgan fingerprint density at radius 1 is 1.48 bits per heavy atom. The van der Waals surface area contributed by atoms with Crippen LogP contribution in [0.15, 0.2) is 22.7 Å². The second-order valence-corrected chi connectivity index (χ2v) is 6.30. The van der Waals surface area contributed by atoms with Crippen LogP contribution in [0.4, 0.5) is 14.9 Å².